The summed E-state index contributed by atoms with van der Waals surface area (Å²) in [7, 11) is 0. The van der Waals surface area contributed by atoms with Gasteiger partial charge in [0.25, 0.3) is 0 Å². The van der Waals surface area contributed by atoms with Crippen LogP contribution in [0.2, 0.25) is 0 Å². The first-order chi connectivity index (χ1) is 9.10. The summed E-state index contributed by atoms with van der Waals surface area (Å²) in [4.78, 5) is 14.4. The van der Waals surface area contributed by atoms with Gasteiger partial charge in [0.05, 0.1) is 0 Å². The molecule has 0 bridgehead atoms. The molecule has 5 heteroatoms. The van der Waals surface area contributed by atoms with Gasteiger partial charge in [-0.1, -0.05) is 25.9 Å². The third kappa shape index (κ3) is 3.64. The molecule has 20 heavy (non-hydrogen) atoms. The Morgan fingerprint density at radius 3 is 2.30 bits per heavy atom. The lowest BCUT2D eigenvalue weighted by Gasteiger charge is -2.31. The molecule has 1 fully saturated rings. The molecule has 1 atom stereocenters. The Morgan fingerprint density at radius 2 is 1.80 bits per heavy atom. The van der Waals surface area contributed by atoms with Crippen LogP contribution in [0.3, 0.4) is 0 Å². The molecule has 0 aromatic heterocycles. The van der Waals surface area contributed by atoms with Gasteiger partial charge in [0, 0.05) is 13.1 Å². The zero-order valence-corrected chi connectivity index (χ0v) is 13.4. The van der Waals surface area contributed by atoms with Crippen molar-refractivity contribution in [1.29, 1.82) is 0 Å². The summed E-state index contributed by atoms with van der Waals surface area (Å²) < 4.78 is 0. The Bertz CT molecular complexity index is 383. The summed E-state index contributed by atoms with van der Waals surface area (Å²) in [5.41, 5.74) is 4.98. The molecule has 1 rings (SSSR count). The maximum Gasteiger partial charge on any atom is 0.235 e. The number of likely N-dealkylation sites (tertiary alicyclic amines) is 1. The smallest absolute Gasteiger partial charge is 0.235 e. The second-order valence-electron chi connectivity index (χ2n) is 7.40. The number of rotatable bonds is 2. The van der Waals surface area contributed by atoms with Crippen LogP contribution in [0, 0.1) is 16.7 Å². The highest BCUT2D eigenvalue weighted by Crippen LogP contribution is 2.35. The molecule has 5 nitrogen and oxygen atoms in total. The molecule has 1 amide bonds. The number of hydrogen-bond acceptors (Lipinski definition) is 3. The first-order valence-electron chi connectivity index (χ1n) is 7.38. The van der Waals surface area contributed by atoms with Gasteiger partial charge in [0.2, 0.25) is 5.91 Å². The third-order valence-corrected chi connectivity index (χ3v) is 4.52. The van der Waals surface area contributed by atoms with Crippen molar-refractivity contribution in [3.8, 4) is 0 Å². The van der Waals surface area contributed by atoms with Gasteiger partial charge in [-0.25, -0.2) is 0 Å². The monoisotopic (exact) mass is 283 g/mol. The van der Waals surface area contributed by atoms with Crippen LogP contribution in [0.4, 0.5) is 0 Å². The Balaban J connectivity index is 2.77. The number of amides is 1. The van der Waals surface area contributed by atoms with E-state index in [0.717, 1.165) is 32.4 Å². The second kappa shape index (κ2) is 6.02. The van der Waals surface area contributed by atoms with Gasteiger partial charge in [0.1, 0.15) is 5.41 Å². The number of oxime groups is 1. The van der Waals surface area contributed by atoms with Crippen molar-refractivity contribution in [2.45, 2.75) is 53.9 Å². The molecule has 0 radical (unpaired) electrons. The normalized spacial score (nSPS) is 22.6. The molecule has 0 aromatic rings. The highest BCUT2D eigenvalue weighted by molar-refractivity contribution is 6.05. The molecule has 0 aromatic carbocycles. The highest BCUT2D eigenvalue weighted by Gasteiger charge is 2.38. The van der Waals surface area contributed by atoms with E-state index >= 15 is 0 Å². The van der Waals surface area contributed by atoms with Crippen molar-refractivity contribution in [3.05, 3.63) is 0 Å². The van der Waals surface area contributed by atoms with E-state index in [1.165, 1.54) is 0 Å². The van der Waals surface area contributed by atoms with E-state index in [9.17, 15) is 4.79 Å². The Labute approximate surface area is 122 Å². The molecular weight excluding hydrogens is 254 g/mol. The largest absolute Gasteiger partial charge is 0.409 e. The summed E-state index contributed by atoms with van der Waals surface area (Å²) in [6.45, 7) is 11.7. The standard InChI is InChI=1S/C15H29N3O2/c1-14(2,3)11-7-6-9-18(10-8-11)13(19)15(4,5)12(16)17-20/h11,20H,6-10H2,1-5H3,(H2,16,17). The van der Waals surface area contributed by atoms with Crippen molar-refractivity contribution in [2.24, 2.45) is 27.6 Å². The number of nitrogens with zero attached hydrogens (tertiary/aromatic N) is 2. The van der Waals surface area contributed by atoms with Gasteiger partial charge in [-0.15, -0.1) is 0 Å². The number of nitrogens with two attached hydrogens (primary N) is 1. The molecule has 1 aliphatic rings. The first-order valence-corrected chi connectivity index (χ1v) is 7.38. The van der Waals surface area contributed by atoms with Crippen molar-refractivity contribution in [3.63, 3.8) is 0 Å². The van der Waals surface area contributed by atoms with Gasteiger partial charge in [-0.3, -0.25) is 4.79 Å². The van der Waals surface area contributed by atoms with Crippen LogP contribution in [0.25, 0.3) is 0 Å². The average molecular weight is 283 g/mol. The number of hydrogen-bond donors (Lipinski definition) is 2. The fourth-order valence-corrected chi connectivity index (χ4v) is 2.80. The zero-order chi connectivity index (χ0) is 15.6. The molecule has 1 saturated heterocycles. The van der Waals surface area contributed by atoms with Gasteiger partial charge in [-0.2, -0.15) is 0 Å². The minimum Gasteiger partial charge on any atom is -0.409 e. The van der Waals surface area contributed by atoms with Crippen LogP contribution >= 0.6 is 0 Å². The lowest BCUT2D eigenvalue weighted by atomic mass is 9.77. The Hall–Kier alpha value is -1.26. The van der Waals surface area contributed by atoms with E-state index in [2.05, 4.69) is 25.9 Å². The summed E-state index contributed by atoms with van der Waals surface area (Å²) in [6.07, 6.45) is 3.18. The fourth-order valence-electron chi connectivity index (χ4n) is 2.80. The van der Waals surface area contributed by atoms with Crippen LogP contribution in [0.15, 0.2) is 5.16 Å². The van der Waals surface area contributed by atoms with Crippen LogP contribution in [0.5, 0.6) is 0 Å². The van der Waals surface area contributed by atoms with Gasteiger partial charge < -0.3 is 15.8 Å². The van der Waals surface area contributed by atoms with E-state index in [-0.39, 0.29) is 17.2 Å². The average Bonchev–Trinajstić information content (AvgIpc) is 2.61. The molecular formula is C15H29N3O2. The number of amidine groups is 1. The molecule has 116 valence electrons. The third-order valence-electron chi connectivity index (χ3n) is 4.52. The molecule has 0 saturated carbocycles. The SMILES string of the molecule is CC(C)(C(=O)N1CCCC(C(C)(C)C)CC1)C(N)=NO. The van der Waals surface area contributed by atoms with E-state index in [0.29, 0.717) is 5.92 Å². The minimum absolute atomic E-state index is 0.0286. The zero-order valence-electron chi connectivity index (χ0n) is 13.4. The minimum atomic E-state index is -0.948. The van der Waals surface area contributed by atoms with Crippen molar-refractivity contribution in [1.82, 2.24) is 4.90 Å². The van der Waals surface area contributed by atoms with Gasteiger partial charge >= 0.3 is 0 Å². The predicted molar refractivity (Wildman–Crippen MR) is 80.6 cm³/mol. The maximum absolute atomic E-state index is 12.6. The van der Waals surface area contributed by atoms with Crippen molar-refractivity contribution in [2.75, 3.05) is 13.1 Å². The molecule has 3 N–H and O–H groups in total. The number of carbonyl (C=O) groups is 1. The second-order valence-corrected chi connectivity index (χ2v) is 7.40. The van der Waals surface area contributed by atoms with E-state index < -0.39 is 5.41 Å². The van der Waals surface area contributed by atoms with Gasteiger partial charge in [-0.05, 0) is 44.4 Å². The lowest BCUT2D eigenvalue weighted by Crippen LogP contribution is -2.48. The van der Waals surface area contributed by atoms with E-state index in [1.54, 1.807) is 13.8 Å². The first kappa shape index (κ1) is 16.8. The maximum atomic E-state index is 12.6. The van der Waals surface area contributed by atoms with Crippen LogP contribution < -0.4 is 5.73 Å². The quantitative estimate of drug-likeness (QED) is 0.353. The number of carbonyl (C=O) groups excluding carboxylic acids is 1. The van der Waals surface area contributed by atoms with Gasteiger partial charge in [0.15, 0.2) is 5.84 Å². The van der Waals surface area contributed by atoms with Crippen LogP contribution in [-0.2, 0) is 4.79 Å². The van der Waals surface area contributed by atoms with Crippen molar-refractivity contribution >= 4 is 11.7 Å². The molecule has 1 aliphatic heterocycles. The molecule has 1 heterocycles. The lowest BCUT2D eigenvalue weighted by molar-refractivity contribution is -0.137. The van der Waals surface area contributed by atoms with Crippen LogP contribution in [-0.4, -0.2) is 34.9 Å². The summed E-state index contributed by atoms with van der Waals surface area (Å²) >= 11 is 0. The highest BCUT2D eigenvalue weighted by atomic mass is 16.4. The van der Waals surface area contributed by atoms with Crippen molar-refractivity contribution < 1.29 is 10.0 Å². The topological polar surface area (TPSA) is 78.9 Å². The summed E-state index contributed by atoms with van der Waals surface area (Å²) in [6, 6.07) is 0. The van der Waals surface area contributed by atoms with E-state index in [4.69, 9.17) is 10.9 Å². The molecule has 0 spiro atoms. The Morgan fingerprint density at radius 1 is 1.20 bits per heavy atom. The fraction of sp³-hybridized carbons (Fsp3) is 0.867. The molecule has 0 aliphatic carbocycles. The predicted octanol–water partition coefficient (Wildman–Crippen LogP) is 2.43. The Kier molecular flexibility index (Phi) is 5.05. The van der Waals surface area contributed by atoms with Crippen LogP contribution in [0.1, 0.15) is 53.9 Å². The summed E-state index contributed by atoms with van der Waals surface area (Å²) in [5.74, 6) is 0.550. The van der Waals surface area contributed by atoms with E-state index in [1.807, 2.05) is 4.90 Å². The summed E-state index contributed by atoms with van der Waals surface area (Å²) in [5, 5.41) is 11.8. The molecule has 1 unspecified atom stereocenters.